The van der Waals surface area contributed by atoms with Gasteiger partial charge in [-0.25, -0.2) is 4.79 Å². The van der Waals surface area contributed by atoms with Crippen molar-refractivity contribution < 1.29 is 29.4 Å². The number of hydrogen-bond acceptors (Lipinski definition) is 5. The van der Waals surface area contributed by atoms with Gasteiger partial charge >= 0.3 is 11.9 Å². The van der Waals surface area contributed by atoms with E-state index in [-0.39, 0.29) is 6.42 Å². The van der Waals surface area contributed by atoms with E-state index < -0.39 is 48.3 Å². The Morgan fingerprint density at radius 1 is 0.938 bits per heavy atom. The number of aliphatic carboxylic acids is 2. The number of unbranched alkanes of at least 4 members (excludes halogenated alkanes) is 1. The van der Waals surface area contributed by atoms with Crippen molar-refractivity contribution in [1.29, 1.82) is 0 Å². The van der Waals surface area contributed by atoms with Crippen LogP contribution in [0.3, 0.4) is 0 Å². The summed E-state index contributed by atoms with van der Waals surface area (Å²) in [4.78, 5) is 48.0. The summed E-state index contributed by atoms with van der Waals surface area (Å²) in [6.07, 6.45) is 1.22. The number of carboxylic acids is 2. The highest BCUT2D eigenvalue weighted by Gasteiger charge is 2.29. The number of nitrogens with one attached hydrogen (secondary N) is 2. The molecule has 0 unspecified atom stereocenters. The fourth-order valence-electron chi connectivity index (χ4n) is 3.38. The summed E-state index contributed by atoms with van der Waals surface area (Å²) < 4.78 is 0. The average Bonchev–Trinajstić information content (AvgIpc) is 2.76. The average molecular weight is 444 g/mol. The molecule has 0 aliphatic rings. The second kappa shape index (κ2) is 11.8. The third-order valence-corrected chi connectivity index (χ3v) is 5.14. The first-order valence-corrected chi connectivity index (χ1v) is 10.5. The fraction of sp³-hybridized carbons (Fsp3) is 0.391. The van der Waals surface area contributed by atoms with Crippen molar-refractivity contribution in [3.8, 4) is 0 Å². The normalized spacial score (nSPS) is 13.7. The molecule has 0 saturated carbocycles. The third kappa shape index (κ3) is 7.05. The van der Waals surface area contributed by atoms with Crippen LogP contribution in [0.15, 0.2) is 42.5 Å². The Balaban J connectivity index is 2.16. The van der Waals surface area contributed by atoms with Gasteiger partial charge in [-0.2, -0.15) is 0 Å². The molecule has 9 nitrogen and oxygen atoms in total. The molecule has 172 valence electrons. The molecular formula is C23H29N3O6. The van der Waals surface area contributed by atoms with Gasteiger partial charge in [-0.1, -0.05) is 62.2 Å². The molecule has 0 spiro atoms. The Morgan fingerprint density at radius 3 is 2.25 bits per heavy atom. The van der Waals surface area contributed by atoms with Crippen molar-refractivity contribution in [2.75, 3.05) is 0 Å². The molecule has 0 aliphatic heterocycles. The summed E-state index contributed by atoms with van der Waals surface area (Å²) in [5.74, 6) is -4.13. The topological polar surface area (TPSA) is 159 Å². The molecule has 32 heavy (non-hydrogen) atoms. The molecule has 0 saturated heterocycles. The van der Waals surface area contributed by atoms with E-state index in [4.69, 9.17) is 10.8 Å². The van der Waals surface area contributed by atoms with E-state index >= 15 is 0 Å². The molecule has 2 amide bonds. The van der Waals surface area contributed by atoms with E-state index in [1.165, 1.54) is 0 Å². The molecule has 9 heteroatoms. The van der Waals surface area contributed by atoms with Crippen LogP contribution in [0.2, 0.25) is 0 Å². The Labute approximate surface area is 186 Å². The molecule has 0 radical (unpaired) electrons. The Kier molecular flexibility index (Phi) is 9.15. The monoisotopic (exact) mass is 443 g/mol. The summed E-state index contributed by atoms with van der Waals surface area (Å²) in [5, 5.41) is 25.3. The number of amides is 2. The molecule has 2 aromatic rings. The van der Waals surface area contributed by atoms with Crippen LogP contribution < -0.4 is 16.4 Å². The lowest BCUT2D eigenvalue weighted by Crippen LogP contribution is -2.55. The van der Waals surface area contributed by atoms with Gasteiger partial charge in [0, 0.05) is 6.42 Å². The Hall–Kier alpha value is -3.46. The molecule has 2 rings (SSSR count). The molecule has 6 N–H and O–H groups in total. The van der Waals surface area contributed by atoms with Crippen LogP contribution >= 0.6 is 0 Å². The highest BCUT2D eigenvalue weighted by molar-refractivity contribution is 5.94. The first-order chi connectivity index (χ1) is 15.2. The van der Waals surface area contributed by atoms with Crippen LogP contribution in [0, 0.1) is 0 Å². The molecule has 3 atom stereocenters. The minimum absolute atomic E-state index is 0.00776. The van der Waals surface area contributed by atoms with Crippen LogP contribution in [-0.2, 0) is 25.6 Å². The van der Waals surface area contributed by atoms with Crippen LogP contribution in [0.4, 0.5) is 0 Å². The lowest BCUT2D eigenvalue weighted by atomic mass is 9.98. The molecule has 0 aliphatic carbocycles. The zero-order valence-corrected chi connectivity index (χ0v) is 17.9. The second-order valence-electron chi connectivity index (χ2n) is 7.65. The SMILES string of the molecule is CCCC[C@H](N)C(=O)N[C@@H](CC(=O)O)C(=O)N[C@@H](Cc1cccc2ccccc12)C(=O)O. The van der Waals surface area contributed by atoms with E-state index in [1.54, 1.807) is 12.1 Å². The summed E-state index contributed by atoms with van der Waals surface area (Å²) in [6, 6.07) is 9.28. The number of rotatable bonds is 12. The highest BCUT2D eigenvalue weighted by atomic mass is 16.4. The smallest absolute Gasteiger partial charge is 0.326 e. The first-order valence-electron chi connectivity index (χ1n) is 10.5. The molecule has 2 aromatic carbocycles. The van der Waals surface area contributed by atoms with Crippen LogP contribution in [0.1, 0.15) is 38.2 Å². The Bertz CT molecular complexity index is 972. The molecule has 0 bridgehead atoms. The fourth-order valence-corrected chi connectivity index (χ4v) is 3.38. The summed E-state index contributed by atoms with van der Waals surface area (Å²) >= 11 is 0. The van der Waals surface area contributed by atoms with Gasteiger partial charge in [-0.05, 0) is 22.8 Å². The molecule has 0 aromatic heterocycles. The van der Waals surface area contributed by atoms with E-state index in [0.29, 0.717) is 12.8 Å². The molecule has 0 heterocycles. The standard InChI is InChI=1S/C23H29N3O6/c1-2-3-11-17(24)21(29)25-18(13-20(27)28)22(30)26-19(23(31)32)12-15-9-6-8-14-7-4-5-10-16(14)15/h4-10,17-19H,2-3,11-13,24H2,1H3,(H,25,29)(H,26,30)(H,27,28)(H,31,32)/t17-,18-,19-/m0/s1. The van der Waals surface area contributed by atoms with Crippen molar-refractivity contribution in [3.05, 3.63) is 48.0 Å². The number of carboxylic acid groups (broad SMARTS) is 2. The second-order valence-corrected chi connectivity index (χ2v) is 7.65. The number of hydrogen-bond donors (Lipinski definition) is 5. The first kappa shape index (κ1) is 24.8. The lowest BCUT2D eigenvalue weighted by molar-refractivity contribution is -0.143. The van der Waals surface area contributed by atoms with Crippen LogP contribution in [0.5, 0.6) is 0 Å². The zero-order valence-electron chi connectivity index (χ0n) is 17.9. The maximum atomic E-state index is 12.7. The minimum atomic E-state index is -1.44. The van der Waals surface area contributed by atoms with E-state index in [2.05, 4.69) is 10.6 Å². The van der Waals surface area contributed by atoms with E-state index in [1.807, 2.05) is 37.3 Å². The zero-order chi connectivity index (χ0) is 23.7. The summed E-state index contributed by atoms with van der Waals surface area (Å²) in [5.41, 5.74) is 6.52. The van der Waals surface area contributed by atoms with Crippen molar-refractivity contribution in [2.45, 2.75) is 57.2 Å². The van der Waals surface area contributed by atoms with E-state index in [9.17, 15) is 24.3 Å². The van der Waals surface area contributed by atoms with Gasteiger partial charge in [0.05, 0.1) is 12.5 Å². The van der Waals surface area contributed by atoms with Crippen molar-refractivity contribution in [1.82, 2.24) is 10.6 Å². The van der Waals surface area contributed by atoms with Crippen molar-refractivity contribution >= 4 is 34.5 Å². The Morgan fingerprint density at radius 2 is 1.59 bits per heavy atom. The molecular weight excluding hydrogens is 414 g/mol. The maximum absolute atomic E-state index is 12.7. The molecule has 0 fully saturated rings. The lowest BCUT2D eigenvalue weighted by Gasteiger charge is -2.22. The third-order valence-electron chi connectivity index (χ3n) is 5.14. The predicted octanol–water partition coefficient (Wildman–Crippen LogP) is 1.43. The van der Waals surface area contributed by atoms with E-state index in [0.717, 1.165) is 22.8 Å². The number of nitrogens with two attached hydrogens (primary N) is 1. The predicted molar refractivity (Wildman–Crippen MR) is 119 cm³/mol. The highest BCUT2D eigenvalue weighted by Crippen LogP contribution is 2.20. The van der Waals surface area contributed by atoms with Gasteiger partial charge in [0.15, 0.2) is 0 Å². The van der Waals surface area contributed by atoms with Crippen LogP contribution in [0.25, 0.3) is 10.8 Å². The number of benzene rings is 2. The van der Waals surface area contributed by atoms with Gasteiger partial charge in [0.2, 0.25) is 11.8 Å². The van der Waals surface area contributed by atoms with Gasteiger partial charge in [-0.15, -0.1) is 0 Å². The minimum Gasteiger partial charge on any atom is -0.481 e. The number of carbonyl (C=O) groups excluding carboxylic acids is 2. The van der Waals surface area contributed by atoms with Gasteiger partial charge in [0.1, 0.15) is 12.1 Å². The van der Waals surface area contributed by atoms with Crippen molar-refractivity contribution in [2.24, 2.45) is 5.73 Å². The van der Waals surface area contributed by atoms with Gasteiger partial charge in [0.25, 0.3) is 0 Å². The quantitative estimate of drug-likeness (QED) is 0.332. The summed E-state index contributed by atoms with van der Waals surface area (Å²) in [7, 11) is 0. The van der Waals surface area contributed by atoms with Crippen LogP contribution in [-0.4, -0.2) is 52.1 Å². The number of fused-ring (bicyclic) bond motifs is 1. The van der Waals surface area contributed by atoms with Gasteiger partial charge in [-0.3, -0.25) is 14.4 Å². The largest absolute Gasteiger partial charge is 0.481 e. The van der Waals surface area contributed by atoms with Gasteiger partial charge < -0.3 is 26.6 Å². The van der Waals surface area contributed by atoms with Crippen molar-refractivity contribution in [3.63, 3.8) is 0 Å². The number of carbonyl (C=O) groups is 4. The summed E-state index contributed by atoms with van der Waals surface area (Å²) in [6.45, 7) is 1.94. The maximum Gasteiger partial charge on any atom is 0.326 e.